The summed E-state index contributed by atoms with van der Waals surface area (Å²) >= 11 is 0. The monoisotopic (exact) mass is 216 g/mol. The summed E-state index contributed by atoms with van der Waals surface area (Å²) in [6, 6.07) is 0. The molecule has 5 nitrogen and oxygen atoms in total. The summed E-state index contributed by atoms with van der Waals surface area (Å²) in [6.45, 7) is 5.77. The Morgan fingerprint density at radius 2 is 2.00 bits per heavy atom. The third-order valence-electron chi connectivity index (χ3n) is 2.65. The number of aliphatic hydroxyl groups is 1. The van der Waals surface area contributed by atoms with Crippen LogP contribution in [0.4, 0.5) is 0 Å². The SMILES string of the molecule is COC[C@@H](O)CN1CCN(C(C)=O)CC1. The van der Waals surface area contributed by atoms with Gasteiger partial charge in [0.05, 0.1) is 12.7 Å². The first-order valence-electron chi connectivity index (χ1n) is 5.28. The van der Waals surface area contributed by atoms with Gasteiger partial charge in [-0.05, 0) is 0 Å². The number of rotatable bonds is 4. The molecule has 0 aromatic heterocycles. The first-order valence-corrected chi connectivity index (χ1v) is 5.28. The van der Waals surface area contributed by atoms with Crippen molar-refractivity contribution >= 4 is 5.91 Å². The molecule has 0 aliphatic carbocycles. The zero-order valence-electron chi connectivity index (χ0n) is 9.48. The Labute approximate surface area is 90.6 Å². The van der Waals surface area contributed by atoms with Gasteiger partial charge < -0.3 is 14.7 Å². The molecular formula is C10H20N2O3. The molecule has 0 aromatic rings. The van der Waals surface area contributed by atoms with Gasteiger partial charge in [0.1, 0.15) is 0 Å². The maximum Gasteiger partial charge on any atom is 0.219 e. The number of β-amino-alcohol motifs (C(OH)–C–C–N with tert-alkyl or cyclic N) is 1. The molecule has 0 aromatic carbocycles. The molecule has 1 fully saturated rings. The molecule has 0 spiro atoms. The molecule has 1 aliphatic rings. The van der Waals surface area contributed by atoms with Gasteiger partial charge in [0.25, 0.3) is 0 Å². The van der Waals surface area contributed by atoms with Gasteiger partial charge in [0, 0.05) is 46.8 Å². The molecule has 1 rings (SSSR count). The van der Waals surface area contributed by atoms with Crippen molar-refractivity contribution in [3.63, 3.8) is 0 Å². The van der Waals surface area contributed by atoms with Crippen LogP contribution in [-0.4, -0.2) is 73.4 Å². The van der Waals surface area contributed by atoms with Gasteiger partial charge in [0.15, 0.2) is 0 Å². The molecule has 1 saturated heterocycles. The average Bonchev–Trinajstić information content (AvgIpc) is 2.18. The molecule has 0 radical (unpaired) electrons. The van der Waals surface area contributed by atoms with Gasteiger partial charge in [-0.25, -0.2) is 0 Å². The summed E-state index contributed by atoms with van der Waals surface area (Å²) in [5.74, 6) is 0.132. The highest BCUT2D eigenvalue weighted by atomic mass is 16.5. The highest BCUT2D eigenvalue weighted by Crippen LogP contribution is 2.03. The van der Waals surface area contributed by atoms with Gasteiger partial charge in [0.2, 0.25) is 5.91 Å². The van der Waals surface area contributed by atoms with Gasteiger partial charge in [-0.15, -0.1) is 0 Å². The van der Waals surface area contributed by atoms with E-state index in [1.807, 2.05) is 4.90 Å². The number of ether oxygens (including phenoxy) is 1. The fourth-order valence-corrected chi connectivity index (χ4v) is 1.79. The van der Waals surface area contributed by atoms with Crippen LogP contribution in [0.3, 0.4) is 0 Å². The van der Waals surface area contributed by atoms with E-state index in [1.54, 1.807) is 14.0 Å². The number of hydrogen-bond donors (Lipinski definition) is 1. The second-order valence-electron chi connectivity index (χ2n) is 3.92. The first-order chi connectivity index (χ1) is 7.13. The lowest BCUT2D eigenvalue weighted by Gasteiger charge is -2.35. The lowest BCUT2D eigenvalue weighted by molar-refractivity contribution is -0.130. The van der Waals surface area contributed by atoms with Crippen molar-refractivity contribution in [1.82, 2.24) is 9.80 Å². The minimum atomic E-state index is -0.432. The van der Waals surface area contributed by atoms with Crippen molar-refractivity contribution in [3.8, 4) is 0 Å². The van der Waals surface area contributed by atoms with Crippen molar-refractivity contribution in [2.24, 2.45) is 0 Å². The number of carbonyl (C=O) groups excluding carboxylic acids is 1. The summed E-state index contributed by atoms with van der Waals surface area (Å²) in [5, 5.41) is 9.53. The quantitative estimate of drug-likeness (QED) is 0.665. The molecule has 0 bridgehead atoms. The van der Waals surface area contributed by atoms with Crippen LogP contribution in [0.15, 0.2) is 0 Å². The average molecular weight is 216 g/mol. The van der Waals surface area contributed by atoms with E-state index in [0.29, 0.717) is 13.2 Å². The lowest BCUT2D eigenvalue weighted by atomic mass is 10.2. The molecule has 0 unspecified atom stereocenters. The predicted molar refractivity (Wildman–Crippen MR) is 56.6 cm³/mol. The van der Waals surface area contributed by atoms with Crippen LogP contribution in [-0.2, 0) is 9.53 Å². The Hall–Kier alpha value is -0.650. The number of hydrogen-bond acceptors (Lipinski definition) is 4. The highest BCUT2D eigenvalue weighted by molar-refractivity contribution is 5.73. The molecule has 88 valence electrons. The van der Waals surface area contributed by atoms with E-state index in [1.165, 1.54) is 0 Å². The van der Waals surface area contributed by atoms with Gasteiger partial charge in [-0.2, -0.15) is 0 Å². The zero-order chi connectivity index (χ0) is 11.3. The molecule has 0 saturated carbocycles. The van der Waals surface area contributed by atoms with Crippen LogP contribution in [0.25, 0.3) is 0 Å². The second kappa shape index (κ2) is 6.05. The Kier molecular flexibility index (Phi) is 5.01. The topological polar surface area (TPSA) is 53.0 Å². The van der Waals surface area contributed by atoms with E-state index in [-0.39, 0.29) is 5.91 Å². The van der Waals surface area contributed by atoms with E-state index in [9.17, 15) is 9.90 Å². The van der Waals surface area contributed by atoms with E-state index in [4.69, 9.17) is 4.74 Å². The molecule has 1 N–H and O–H groups in total. The second-order valence-corrected chi connectivity index (χ2v) is 3.92. The summed E-state index contributed by atoms with van der Waals surface area (Å²) in [5.41, 5.74) is 0. The largest absolute Gasteiger partial charge is 0.389 e. The van der Waals surface area contributed by atoms with Gasteiger partial charge >= 0.3 is 0 Å². The summed E-state index contributed by atoms with van der Waals surface area (Å²) in [4.78, 5) is 15.1. The van der Waals surface area contributed by atoms with Crippen LogP contribution in [0.2, 0.25) is 0 Å². The van der Waals surface area contributed by atoms with E-state index >= 15 is 0 Å². The Bertz CT molecular complexity index is 203. The van der Waals surface area contributed by atoms with Crippen LogP contribution in [0, 0.1) is 0 Å². The highest BCUT2D eigenvalue weighted by Gasteiger charge is 2.20. The number of carbonyl (C=O) groups is 1. The summed E-state index contributed by atoms with van der Waals surface area (Å²) in [6.07, 6.45) is -0.432. The lowest BCUT2D eigenvalue weighted by Crippen LogP contribution is -2.50. The smallest absolute Gasteiger partial charge is 0.219 e. The van der Waals surface area contributed by atoms with Crippen molar-refractivity contribution < 1.29 is 14.6 Å². The molecule has 1 aliphatic heterocycles. The minimum absolute atomic E-state index is 0.132. The maximum atomic E-state index is 11.1. The zero-order valence-corrected chi connectivity index (χ0v) is 9.48. The van der Waals surface area contributed by atoms with Crippen LogP contribution in [0.1, 0.15) is 6.92 Å². The normalized spacial score (nSPS) is 20.3. The van der Waals surface area contributed by atoms with E-state index in [2.05, 4.69) is 4.90 Å². The molecule has 1 heterocycles. The van der Waals surface area contributed by atoms with Crippen molar-refractivity contribution in [2.75, 3.05) is 46.4 Å². The van der Waals surface area contributed by atoms with Crippen molar-refractivity contribution in [2.45, 2.75) is 13.0 Å². The molecule has 5 heteroatoms. The van der Waals surface area contributed by atoms with Gasteiger partial charge in [-0.3, -0.25) is 9.69 Å². The molecule has 1 amide bonds. The Morgan fingerprint density at radius 1 is 1.40 bits per heavy atom. The molecule has 15 heavy (non-hydrogen) atoms. The Morgan fingerprint density at radius 3 is 2.47 bits per heavy atom. The number of amides is 1. The van der Waals surface area contributed by atoms with Gasteiger partial charge in [-0.1, -0.05) is 0 Å². The summed E-state index contributed by atoms with van der Waals surface area (Å²) < 4.78 is 4.86. The Balaban J connectivity index is 2.22. The first kappa shape index (κ1) is 12.4. The maximum absolute atomic E-state index is 11.1. The third kappa shape index (κ3) is 4.15. The fraction of sp³-hybridized carbons (Fsp3) is 0.900. The molecular weight excluding hydrogens is 196 g/mol. The van der Waals surface area contributed by atoms with E-state index < -0.39 is 6.10 Å². The summed E-state index contributed by atoms with van der Waals surface area (Å²) in [7, 11) is 1.58. The minimum Gasteiger partial charge on any atom is -0.389 e. The number of piperazine rings is 1. The molecule has 1 atom stereocenters. The van der Waals surface area contributed by atoms with Crippen LogP contribution < -0.4 is 0 Å². The standard InChI is InChI=1S/C10H20N2O3/c1-9(13)12-5-3-11(4-6-12)7-10(14)8-15-2/h10,14H,3-8H2,1-2H3/t10-/m0/s1. The predicted octanol–water partition coefficient (Wildman–Crippen LogP) is -0.842. The van der Waals surface area contributed by atoms with Crippen LogP contribution in [0.5, 0.6) is 0 Å². The fourth-order valence-electron chi connectivity index (χ4n) is 1.79. The van der Waals surface area contributed by atoms with Crippen molar-refractivity contribution in [1.29, 1.82) is 0 Å². The number of aliphatic hydroxyl groups excluding tert-OH is 1. The number of methoxy groups -OCH3 is 1. The number of nitrogens with zero attached hydrogens (tertiary/aromatic N) is 2. The van der Waals surface area contributed by atoms with Crippen LogP contribution >= 0.6 is 0 Å². The van der Waals surface area contributed by atoms with E-state index in [0.717, 1.165) is 26.2 Å². The third-order valence-corrected chi connectivity index (χ3v) is 2.65. The van der Waals surface area contributed by atoms with Crippen molar-refractivity contribution in [3.05, 3.63) is 0 Å².